The number of rotatable bonds is 4. The van der Waals surface area contributed by atoms with Crippen LogP contribution in [0.1, 0.15) is 56.9 Å². The van der Waals surface area contributed by atoms with E-state index in [2.05, 4.69) is 75.9 Å². The molecular formula is C23H30N2. The van der Waals surface area contributed by atoms with Crippen molar-refractivity contribution in [2.75, 3.05) is 19.0 Å². The highest BCUT2D eigenvalue weighted by molar-refractivity contribution is 5.57. The highest BCUT2D eigenvalue weighted by Gasteiger charge is 2.25. The van der Waals surface area contributed by atoms with Crippen molar-refractivity contribution in [1.82, 2.24) is 0 Å². The van der Waals surface area contributed by atoms with Gasteiger partial charge >= 0.3 is 0 Å². The molecule has 0 heterocycles. The van der Waals surface area contributed by atoms with E-state index in [1.54, 1.807) is 0 Å². The van der Waals surface area contributed by atoms with Gasteiger partial charge in [0.15, 0.2) is 0 Å². The lowest BCUT2D eigenvalue weighted by atomic mass is 9.76. The Bertz CT molecular complexity index is 786. The summed E-state index contributed by atoms with van der Waals surface area (Å²) in [6, 6.07) is 17.2. The Morgan fingerprint density at radius 1 is 0.920 bits per heavy atom. The topological polar surface area (TPSA) is 27.0 Å². The van der Waals surface area contributed by atoms with E-state index in [0.29, 0.717) is 5.56 Å². The second-order valence-corrected chi connectivity index (χ2v) is 8.74. The molecule has 0 saturated heterocycles. The van der Waals surface area contributed by atoms with Crippen molar-refractivity contribution in [2.45, 2.75) is 51.9 Å². The molecule has 0 atom stereocenters. The molecule has 0 aliphatic heterocycles. The fourth-order valence-corrected chi connectivity index (χ4v) is 3.18. The molecule has 0 spiro atoms. The van der Waals surface area contributed by atoms with Gasteiger partial charge in [-0.2, -0.15) is 5.26 Å². The fourth-order valence-electron chi connectivity index (χ4n) is 3.18. The molecule has 0 amide bonds. The van der Waals surface area contributed by atoms with Crippen LogP contribution >= 0.6 is 0 Å². The van der Waals surface area contributed by atoms with Crippen LogP contribution in [0.2, 0.25) is 0 Å². The Balaban J connectivity index is 2.41. The molecule has 25 heavy (non-hydrogen) atoms. The van der Waals surface area contributed by atoms with Crippen molar-refractivity contribution >= 4 is 5.69 Å². The summed E-state index contributed by atoms with van der Waals surface area (Å²) in [5.74, 6) is 0. The molecule has 0 aliphatic carbocycles. The number of nitrogens with zero attached hydrogens (tertiary/aromatic N) is 2. The number of hydrogen-bond acceptors (Lipinski definition) is 2. The maximum Gasteiger partial charge on any atom is 0.0992 e. The second-order valence-electron chi connectivity index (χ2n) is 8.74. The molecule has 2 aromatic carbocycles. The molecule has 0 fully saturated rings. The van der Waals surface area contributed by atoms with Crippen molar-refractivity contribution < 1.29 is 0 Å². The first-order valence-corrected chi connectivity index (χ1v) is 8.86. The summed E-state index contributed by atoms with van der Waals surface area (Å²) >= 11 is 0. The van der Waals surface area contributed by atoms with Crippen molar-refractivity contribution in [1.29, 1.82) is 5.26 Å². The molecule has 132 valence electrons. The van der Waals surface area contributed by atoms with E-state index < -0.39 is 0 Å². The Morgan fingerprint density at radius 2 is 1.56 bits per heavy atom. The van der Waals surface area contributed by atoms with E-state index in [1.807, 2.05) is 26.2 Å². The van der Waals surface area contributed by atoms with E-state index in [4.69, 9.17) is 0 Å². The van der Waals surface area contributed by atoms with Crippen molar-refractivity contribution in [3.05, 3.63) is 64.7 Å². The van der Waals surface area contributed by atoms with E-state index in [1.165, 1.54) is 16.7 Å². The van der Waals surface area contributed by atoms with Gasteiger partial charge < -0.3 is 4.90 Å². The first kappa shape index (κ1) is 19.1. The summed E-state index contributed by atoms with van der Waals surface area (Å²) in [6.45, 7) is 11.4. The van der Waals surface area contributed by atoms with Crippen LogP contribution in [0.25, 0.3) is 0 Å². The van der Waals surface area contributed by atoms with Gasteiger partial charge in [-0.3, -0.25) is 0 Å². The first-order chi connectivity index (χ1) is 11.5. The molecule has 2 heteroatoms. The minimum Gasteiger partial charge on any atom is -0.377 e. The Hall–Kier alpha value is -2.27. The molecule has 2 nitrogen and oxygen atoms in total. The van der Waals surface area contributed by atoms with Crippen LogP contribution in [0.15, 0.2) is 42.5 Å². The van der Waals surface area contributed by atoms with Gasteiger partial charge in [-0.25, -0.2) is 0 Å². The monoisotopic (exact) mass is 334 g/mol. The normalized spacial score (nSPS) is 11.9. The van der Waals surface area contributed by atoms with Gasteiger partial charge in [0.2, 0.25) is 0 Å². The predicted octanol–water partition coefficient (Wildman–Crippen LogP) is 5.44. The van der Waals surface area contributed by atoms with Gasteiger partial charge in [-0.15, -0.1) is 0 Å². The quantitative estimate of drug-likeness (QED) is 0.744. The zero-order valence-corrected chi connectivity index (χ0v) is 16.6. The van der Waals surface area contributed by atoms with Crippen LogP contribution in [0.3, 0.4) is 0 Å². The number of nitriles is 1. The molecule has 0 unspecified atom stereocenters. The third-order valence-electron chi connectivity index (χ3n) is 4.84. The maximum absolute atomic E-state index is 9.18. The summed E-state index contributed by atoms with van der Waals surface area (Å²) in [6.07, 6.45) is 0.930. The highest BCUT2D eigenvalue weighted by atomic mass is 15.1. The third kappa shape index (κ3) is 4.42. The van der Waals surface area contributed by atoms with Crippen LogP contribution < -0.4 is 4.90 Å². The lowest BCUT2D eigenvalue weighted by Gasteiger charge is -2.30. The second kappa shape index (κ2) is 6.92. The van der Waals surface area contributed by atoms with Crippen molar-refractivity contribution in [2.24, 2.45) is 0 Å². The van der Waals surface area contributed by atoms with Crippen LogP contribution in [-0.2, 0) is 17.3 Å². The van der Waals surface area contributed by atoms with Gasteiger partial charge in [0, 0.05) is 19.8 Å². The van der Waals surface area contributed by atoms with Gasteiger partial charge in [0.25, 0.3) is 0 Å². The largest absolute Gasteiger partial charge is 0.377 e. The molecule has 0 saturated carbocycles. The zero-order chi connectivity index (χ0) is 18.8. The van der Waals surface area contributed by atoms with E-state index in [9.17, 15) is 5.26 Å². The van der Waals surface area contributed by atoms with E-state index in [-0.39, 0.29) is 10.8 Å². The van der Waals surface area contributed by atoms with Crippen LogP contribution in [0.4, 0.5) is 5.69 Å². The van der Waals surface area contributed by atoms with Gasteiger partial charge in [-0.1, -0.05) is 65.0 Å². The fraction of sp³-hybridized carbons (Fsp3) is 0.435. The maximum atomic E-state index is 9.18. The van der Waals surface area contributed by atoms with Gasteiger partial charge in [0.05, 0.1) is 11.6 Å². The Kier molecular flexibility index (Phi) is 5.28. The summed E-state index contributed by atoms with van der Waals surface area (Å²) < 4.78 is 0. The smallest absolute Gasteiger partial charge is 0.0992 e. The zero-order valence-electron chi connectivity index (χ0n) is 16.6. The lowest BCUT2D eigenvalue weighted by molar-refractivity contribution is 0.517. The Labute approximate surface area is 153 Å². The summed E-state index contributed by atoms with van der Waals surface area (Å²) in [5, 5.41) is 9.18. The van der Waals surface area contributed by atoms with Gasteiger partial charge in [0.1, 0.15) is 0 Å². The summed E-state index contributed by atoms with van der Waals surface area (Å²) in [5.41, 5.74) is 5.99. The number of hydrogen-bond donors (Lipinski definition) is 0. The lowest BCUT2D eigenvalue weighted by Crippen LogP contribution is -2.23. The molecular weight excluding hydrogens is 304 g/mol. The van der Waals surface area contributed by atoms with E-state index in [0.717, 1.165) is 12.1 Å². The molecule has 0 radical (unpaired) electrons. The van der Waals surface area contributed by atoms with Crippen molar-refractivity contribution in [3.63, 3.8) is 0 Å². The molecule has 2 rings (SSSR count). The first-order valence-electron chi connectivity index (χ1n) is 8.86. The van der Waals surface area contributed by atoms with Crippen molar-refractivity contribution in [3.8, 4) is 6.07 Å². The number of benzene rings is 2. The summed E-state index contributed by atoms with van der Waals surface area (Å²) in [7, 11) is 4.07. The predicted molar refractivity (Wildman–Crippen MR) is 107 cm³/mol. The number of anilines is 1. The SMILES string of the molecule is CN(C)c1cc(C#N)ccc1CC(C)(C)c1cccc(C(C)(C)C)c1. The van der Waals surface area contributed by atoms with Crippen LogP contribution in [0.5, 0.6) is 0 Å². The average molecular weight is 335 g/mol. The molecule has 0 aliphatic rings. The van der Waals surface area contributed by atoms with E-state index >= 15 is 0 Å². The standard InChI is InChI=1S/C23H30N2/c1-22(2,3)19-9-8-10-20(14-19)23(4,5)15-18-12-11-17(16-24)13-21(18)25(6)7/h8-14H,15H2,1-7H3. The molecule has 0 aromatic heterocycles. The minimum atomic E-state index is 0.0141. The highest BCUT2D eigenvalue weighted by Crippen LogP contribution is 2.34. The molecule has 0 N–H and O–H groups in total. The van der Waals surface area contributed by atoms with Crippen LogP contribution in [0, 0.1) is 11.3 Å². The van der Waals surface area contributed by atoms with Gasteiger partial charge in [-0.05, 0) is 46.1 Å². The molecule has 0 bridgehead atoms. The minimum absolute atomic E-state index is 0.0141. The average Bonchev–Trinajstić information content (AvgIpc) is 2.54. The summed E-state index contributed by atoms with van der Waals surface area (Å²) in [4.78, 5) is 2.10. The third-order valence-corrected chi connectivity index (χ3v) is 4.84. The van der Waals surface area contributed by atoms with Crippen LogP contribution in [-0.4, -0.2) is 14.1 Å². The Morgan fingerprint density at radius 3 is 2.12 bits per heavy atom. The molecule has 2 aromatic rings.